The summed E-state index contributed by atoms with van der Waals surface area (Å²) in [6, 6.07) is 21.5. The van der Waals surface area contributed by atoms with Gasteiger partial charge in [-0.3, -0.25) is 9.59 Å². The maximum atomic E-state index is 13.3. The molecule has 1 amide bonds. The Morgan fingerprint density at radius 1 is 1.03 bits per heavy atom. The van der Waals surface area contributed by atoms with Crippen molar-refractivity contribution in [2.24, 2.45) is 0 Å². The standard InChI is InChI=1S/C24H22N2O3/c1-16-9-11-17(12-10-16)15-26-21-8-3-2-7-20(21)24(29,23(26)28)14-22(27)18-5-4-6-19(25)13-18/h2-13,29H,14-15,25H2,1H3. The summed E-state index contributed by atoms with van der Waals surface area (Å²) in [6.45, 7) is 2.33. The molecule has 1 aliphatic rings. The molecule has 1 aliphatic heterocycles. The van der Waals surface area contributed by atoms with Crippen molar-refractivity contribution in [3.05, 3.63) is 95.1 Å². The number of amides is 1. The van der Waals surface area contributed by atoms with Gasteiger partial charge in [0.05, 0.1) is 18.7 Å². The van der Waals surface area contributed by atoms with Crippen molar-refractivity contribution in [1.82, 2.24) is 0 Å². The van der Waals surface area contributed by atoms with Crippen LogP contribution in [0, 0.1) is 6.92 Å². The molecule has 0 fully saturated rings. The molecular weight excluding hydrogens is 364 g/mol. The number of ketones is 1. The highest BCUT2D eigenvalue weighted by atomic mass is 16.3. The van der Waals surface area contributed by atoms with Gasteiger partial charge in [0.25, 0.3) is 5.91 Å². The van der Waals surface area contributed by atoms with Gasteiger partial charge in [-0.15, -0.1) is 0 Å². The average Bonchev–Trinajstić information content (AvgIpc) is 2.92. The number of nitrogens with two attached hydrogens (primary N) is 1. The number of carbonyl (C=O) groups excluding carboxylic acids is 2. The first-order valence-corrected chi connectivity index (χ1v) is 9.46. The van der Waals surface area contributed by atoms with Gasteiger partial charge in [-0.2, -0.15) is 0 Å². The SMILES string of the molecule is Cc1ccc(CN2C(=O)C(O)(CC(=O)c3cccc(N)c3)c3ccccc32)cc1. The molecule has 5 nitrogen and oxygen atoms in total. The summed E-state index contributed by atoms with van der Waals surface area (Å²) in [7, 11) is 0. The molecule has 0 bridgehead atoms. The third-order valence-corrected chi connectivity index (χ3v) is 5.33. The van der Waals surface area contributed by atoms with E-state index < -0.39 is 11.5 Å². The molecular formula is C24H22N2O3. The Kier molecular flexibility index (Phi) is 4.68. The number of aryl methyl sites for hydroxylation is 1. The smallest absolute Gasteiger partial charge is 0.264 e. The van der Waals surface area contributed by atoms with Crippen molar-refractivity contribution in [3.8, 4) is 0 Å². The van der Waals surface area contributed by atoms with Crippen molar-refractivity contribution >= 4 is 23.1 Å². The molecule has 5 heteroatoms. The molecule has 0 aromatic heterocycles. The highest BCUT2D eigenvalue weighted by Crippen LogP contribution is 2.43. The van der Waals surface area contributed by atoms with E-state index in [0.29, 0.717) is 29.0 Å². The lowest BCUT2D eigenvalue weighted by Gasteiger charge is -2.23. The van der Waals surface area contributed by atoms with Crippen LogP contribution in [0.15, 0.2) is 72.8 Å². The second-order valence-electron chi connectivity index (χ2n) is 7.48. The molecule has 29 heavy (non-hydrogen) atoms. The van der Waals surface area contributed by atoms with E-state index >= 15 is 0 Å². The van der Waals surface area contributed by atoms with Gasteiger partial charge in [0.15, 0.2) is 11.4 Å². The first-order valence-electron chi connectivity index (χ1n) is 9.46. The third kappa shape index (κ3) is 3.41. The van der Waals surface area contributed by atoms with Gasteiger partial charge >= 0.3 is 0 Å². The molecule has 4 rings (SSSR count). The van der Waals surface area contributed by atoms with Crippen LogP contribution in [0.5, 0.6) is 0 Å². The Labute approximate surface area is 169 Å². The number of carbonyl (C=O) groups is 2. The quantitative estimate of drug-likeness (QED) is 0.519. The summed E-state index contributed by atoms with van der Waals surface area (Å²) in [5, 5.41) is 11.4. The van der Waals surface area contributed by atoms with E-state index in [0.717, 1.165) is 11.1 Å². The van der Waals surface area contributed by atoms with Crippen LogP contribution in [-0.4, -0.2) is 16.8 Å². The molecule has 3 N–H and O–H groups in total. The number of nitrogens with zero attached hydrogens (tertiary/aromatic N) is 1. The van der Waals surface area contributed by atoms with Crippen LogP contribution in [0.2, 0.25) is 0 Å². The summed E-state index contributed by atoms with van der Waals surface area (Å²) in [6.07, 6.45) is -0.337. The molecule has 0 spiro atoms. The Morgan fingerprint density at radius 3 is 2.48 bits per heavy atom. The highest BCUT2D eigenvalue weighted by Gasteiger charge is 2.50. The summed E-state index contributed by atoms with van der Waals surface area (Å²) in [5.41, 5.74) is 7.86. The van der Waals surface area contributed by atoms with Crippen LogP contribution >= 0.6 is 0 Å². The molecule has 1 atom stereocenters. The maximum Gasteiger partial charge on any atom is 0.264 e. The number of para-hydroxylation sites is 1. The molecule has 3 aromatic carbocycles. The molecule has 0 saturated carbocycles. The fourth-order valence-corrected chi connectivity index (χ4v) is 3.76. The summed E-state index contributed by atoms with van der Waals surface area (Å²) in [4.78, 5) is 27.7. The Morgan fingerprint density at radius 2 is 1.76 bits per heavy atom. The van der Waals surface area contributed by atoms with Crippen LogP contribution < -0.4 is 10.6 Å². The highest BCUT2D eigenvalue weighted by molar-refractivity contribution is 6.10. The van der Waals surface area contributed by atoms with Crippen LogP contribution in [0.4, 0.5) is 11.4 Å². The van der Waals surface area contributed by atoms with Crippen LogP contribution in [-0.2, 0) is 16.9 Å². The first kappa shape index (κ1) is 18.9. The molecule has 146 valence electrons. The number of Topliss-reactive ketones (excluding diaryl/α,β-unsaturated/α-hetero) is 1. The predicted molar refractivity (Wildman–Crippen MR) is 113 cm³/mol. The largest absolute Gasteiger partial charge is 0.399 e. The van der Waals surface area contributed by atoms with Crippen LogP contribution in [0.3, 0.4) is 0 Å². The lowest BCUT2D eigenvalue weighted by Crippen LogP contribution is -2.41. The van der Waals surface area contributed by atoms with Gasteiger partial charge in [0.2, 0.25) is 0 Å². The van der Waals surface area contributed by atoms with E-state index in [1.807, 2.05) is 37.3 Å². The number of anilines is 2. The minimum Gasteiger partial charge on any atom is -0.399 e. The predicted octanol–water partition coefficient (Wildman–Crippen LogP) is 3.58. The molecule has 1 unspecified atom stereocenters. The van der Waals surface area contributed by atoms with Crippen molar-refractivity contribution < 1.29 is 14.7 Å². The van der Waals surface area contributed by atoms with E-state index in [-0.39, 0.29) is 12.2 Å². The normalized spacial score (nSPS) is 18.0. The van der Waals surface area contributed by atoms with E-state index in [1.165, 1.54) is 0 Å². The van der Waals surface area contributed by atoms with Gasteiger partial charge < -0.3 is 15.7 Å². The summed E-state index contributed by atoms with van der Waals surface area (Å²) < 4.78 is 0. The molecule has 0 saturated heterocycles. The first-order chi connectivity index (χ1) is 13.9. The average molecular weight is 386 g/mol. The number of aliphatic hydroxyl groups is 1. The van der Waals surface area contributed by atoms with Gasteiger partial charge in [-0.25, -0.2) is 0 Å². The van der Waals surface area contributed by atoms with Gasteiger partial charge in [0, 0.05) is 16.8 Å². The fraction of sp³-hybridized carbons (Fsp3) is 0.167. The lowest BCUT2D eigenvalue weighted by atomic mass is 9.88. The number of fused-ring (bicyclic) bond motifs is 1. The third-order valence-electron chi connectivity index (χ3n) is 5.33. The second-order valence-corrected chi connectivity index (χ2v) is 7.48. The zero-order chi connectivity index (χ0) is 20.6. The van der Waals surface area contributed by atoms with Crippen molar-refractivity contribution in [2.45, 2.75) is 25.5 Å². The van der Waals surface area contributed by atoms with Gasteiger partial charge in [0.1, 0.15) is 0 Å². The lowest BCUT2D eigenvalue weighted by molar-refractivity contribution is -0.136. The van der Waals surface area contributed by atoms with E-state index in [9.17, 15) is 14.7 Å². The molecule has 3 aromatic rings. The summed E-state index contributed by atoms with van der Waals surface area (Å²) >= 11 is 0. The van der Waals surface area contributed by atoms with Gasteiger partial charge in [-0.1, -0.05) is 60.2 Å². The van der Waals surface area contributed by atoms with Crippen LogP contribution in [0.1, 0.15) is 33.5 Å². The van der Waals surface area contributed by atoms with Crippen molar-refractivity contribution in [2.75, 3.05) is 10.6 Å². The number of benzene rings is 3. The Hall–Kier alpha value is -3.44. The monoisotopic (exact) mass is 386 g/mol. The molecule has 0 aliphatic carbocycles. The van der Waals surface area contributed by atoms with Crippen LogP contribution in [0.25, 0.3) is 0 Å². The molecule has 0 radical (unpaired) electrons. The number of hydrogen-bond donors (Lipinski definition) is 2. The zero-order valence-electron chi connectivity index (χ0n) is 16.1. The minimum absolute atomic E-state index is 0.324. The number of nitrogen functional groups attached to an aromatic ring is 1. The number of hydrogen-bond acceptors (Lipinski definition) is 4. The topological polar surface area (TPSA) is 83.6 Å². The molecule has 1 heterocycles. The fourth-order valence-electron chi connectivity index (χ4n) is 3.76. The Bertz CT molecular complexity index is 1090. The van der Waals surface area contributed by atoms with Crippen molar-refractivity contribution in [1.29, 1.82) is 0 Å². The Balaban J connectivity index is 1.67. The minimum atomic E-state index is -1.90. The van der Waals surface area contributed by atoms with E-state index in [1.54, 1.807) is 47.4 Å². The van der Waals surface area contributed by atoms with E-state index in [2.05, 4.69) is 0 Å². The van der Waals surface area contributed by atoms with Gasteiger partial charge in [-0.05, 0) is 30.7 Å². The zero-order valence-corrected chi connectivity index (χ0v) is 16.1. The van der Waals surface area contributed by atoms with Crippen molar-refractivity contribution in [3.63, 3.8) is 0 Å². The summed E-state index contributed by atoms with van der Waals surface area (Å²) in [5.74, 6) is -0.823. The number of rotatable bonds is 5. The maximum absolute atomic E-state index is 13.3. The second kappa shape index (κ2) is 7.18. The van der Waals surface area contributed by atoms with E-state index in [4.69, 9.17) is 5.73 Å².